The van der Waals surface area contributed by atoms with Crippen molar-refractivity contribution >= 4 is 5.69 Å². The van der Waals surface area contributed by atoms with Crippen LogP contribution in [0.15, 0.2) is 36.4 Å². The normalized spacial score (nSPS) is 20.9. The Hall–Kier alpha value is -2.24. The van der Waals surface area contributed by atoms with Crippen LogP contribution in [0.1, 0.15) is 43.1 Å². The van der Waals surface area contributed by atoms with Gasteiger partial charge in [-0.3, -0.25) is 4.90 Å². The van der Waals surface area contributed by atoms with E-state index in [1.165, 1.54) is 22.4 Å². The van der Waals surface area contributed by atoms with Crippen LogP contribution in [0.25, 0.3) is 0 Å². The molecular formula is C26H36N2O3. The van der Waals surface area contributed by atoms with Gasteiger partial charge in [-0.1, -0.05) is 31.5 Å². The number of methoxy groups -OCH3 is 2. The molecule has 1 atom stereocenters. The molecule has 0 radical (unpaired) electrons. The molecular weight excluding hydrogens is 388 g/mol. The number of hydrogen-bond acceptors (Lipinski definition) is 5. The van der Waals surface area contributed by atoms with Gasteiger partial charge >= 0.3 is 0 Å². The molecule has 0 bridgehead atoms. The summed E-state index contributed by atoms with van der Waals surface area (Å²) < 4.78 is 17.5. The second kappa shape index (κ2) is 9.09. The first-order chi connectivity index (χ1) is 14.9. The quantitative estimate of drug-likeness (QED) is 0.678. The summed E-state index contributed by atoms with van der Waals surface area (Å²) in [6.45, 7) is 12.7. The number of anilines is 1. The predicted molar refractivity (Wildman–Crippen MR) is 126 cm³/mol. The molecule has 5 nitrogen and oxygen atoms in total. The maximum atomic E-state index is 6.35. The third-order valence-electron chi connectivity index (χ3n) is 6.76. The average Bonchev–Trinajstić information content (AvgIpc) is 2.78. The number of benzene rings is 2. The Morgan fingerprint density at radius 1 is 0.968 bits per heavy atom. The summed E-state index contributed by atoms with van der Waals surface area (Å²) in [6.07, 6.45) is 1.08. The number of rotatable bonds is 6. The third-order valence-corrected chi connectivity index (χ3v) is 6.76. The van der Waals surface area contributed by atoms with Gasteiger partial charge in [-0.25, -0.2) is 0 Å². The third kappa shape index (κ3) is 4.68. The second-order valence-electron chi connectivity index (χ2n) is 9.43. The zero-order valence-corrected chi connectivity index (χ0v) is 19.6. The van der Waals surface area contributed by atoms with E-state index in [1.54, 1.807) is 14.2 Å². The van der Waals surface area contributed by atoms with Crippen molar-refractivity contribution in [3.8, 4) is 11.5 Å². The molecule has 2 aromatic carbocycles. The lowest BCUT2D eigenvalue weighted by atomic mass is 9.78. The Labute approximate surface area is 186 Å². The molecule has 0 amide bonds. The summed E-state index contributed by atoms with van der Waals surface area (Å²) in [5, 5.41) is 0. The fourth-order valence-corrected chi connectivity index (χ4v) is 4.75. The second-order valence-corrected chi connectivity index (χ2v) is 9.43. The summed E-state index contributed by atoms with van der Waals surface area (Å²) in [4.78, 5) is 5.05. The lowest BCUT2D eigenvalue weighted by Gasteiger charge is -2.40. The van der Waals surface area contributed by atoms with E-state index in [9.17, 15) is 0 Å². The van der Waals surface area contributed by atoms with Crippen LogP contribution < -0.4 is 14.4 Å². The minimum atomic E-state index is -0.0367. The van der Waals surface area contributed by atoms with E-state index in [-0.39, 0.29) is 11.5 Å². The molecule has 1 fully saturated rings. The molecule has 0 aliphatic carbocycles. The molecule has 168 valence electrons. The zero-order valence-electron chi connectivity index (χ0n) is 19.6. The van der Waals surface area contributed by atoms with Gasteiger partial charge in [0.25, 0.3) is 0 Å². The lowest BCUT2D eigenvalue weighted by Crippen LogP contribution is -2.47. The van der Waals surface area contributed by atoms with Gasteiger partial charge in [0.2, 0.25) is 0 Å². The Morgan fingerprint density at radius 2 is 1.61 bits per heavy atom. The summed E-state index contributed by atoms with van der Waals surface area (Å²) in [6, 6.07) is 13.1. The van der Waals surface area contributed by atoms with E-state index in [0.29, 0.717) is 0 Å². The van der Waals surface area contributed by atoms with Gasteiger partial charge in [-0.2, -0.15) is 0 Å². The average molecular weight is 425 g/mol. The maximum absolute atomic E-state index is 6.35. The highest BCUT2D eigenvalue weighted by atomic mass is 16.5. The van der Waals surface area contributed by atoms with Crippen molar-refractivity contribution < 1.29 is 14.2 Å². The van der Waals surface area contributed by atoms with Crippen LogP contribution in [0.5, 0.6) is 11.5 Å². The molecule has 0 aromatic heterocycles. The fraction of sp³-hybridized carbons (Fsp3) is 0.538. The number of hydrogen-bond donors (Lipinski definition) is 0. The highest BCUT2D eigenvalue weighted by Crippen LogP contribution is 2.44. The standard InChI is InChI=1S/C26H36N2O3/c1-19-6-8-20(9-7-19)28-14-12-27(13-15-28)11-10-23-21-16-24(29-4)25(30-5)17-22(21)26(2,3)18-31-23/h6-9,16-17,23H,10-15,18H2,1-5H3. The van der Waals surface area contributed by atoms with E-state index in [2.05, 4.69) is 67.0 Å². The van der Waals surface area contributed by atoms with Crippen molar-refractivity contribution in [2.45, 2.75) is 38.7 Å². The van der Waals surface area contributed by atoms with Gasteiger partial charge < -0.3 is 19.1 Å². The van der Waals surface area contributed by atoms with Crippen molar-refractivity contribution in [3.05, 3.63) is 53.1 Å². The van der Waals surface area contributed by atoms with E-state index >= 15 is 0 Å². The maximum Gasteiger partial charge on any atom is 0.161 e. The first-order valence-electron chi connectivity index (χ1n) is 11.3. The molecule has 2 aromatic rings. The van der Waals surface area contributed by atoms with Crippen LogP contribution >= 0.6 is 0 Å². The minimum absolute atomic E-state index is 0.0367. The molecule has 0 saturated carbocycles. The largest absolute Gasteiger partial charge is 0.493 e. The molecule has 2 heterocycles. The van der Waals surface area contributed by atoms with Gasteiger partial charge in [-0.05, 0) is 48.7 Å². The summed E-state index contributed by atoms with van der Waals surface area (Å²) >= 11 is 0. The molecule has 2 aliphatic rings. The number of piperazine rings is 1. The summed E-state index contributed by atoms with van der Waals surface area (Å²) in [5.41, 5.74) is 5.16. The van der Waals surface area contributed by atoms with E-state index in [4.69, 9.17) is 14.2 Å². The SMILES string of the molecule is COc1cc2c(cc1OC)C(C)(C)COC2CCN1CCN(c2ccc(C)cc2)CC1. The smallest absolute Gasteiger partial charge is 0.161 e. The molecule has 5 heteroatoms. The summed E-state index contributed by atoms with van der Waals surface area (Å²) in [5.74, 6) is 1.57. The Morgan fingerprint density at radius 3 is 2.26 bits per heavy atom. The van der Waals surface area contributed by atoms with Gasteiger partial charge in [0.1, 0.15) is 0 Å². The highest BCUT2D eigenvalue weighted by Gasteiger charge is 2.35. The van der Waals surface area contributed by atoms with Gasteiger partial charge in [0.05, 0.1) is 26.9 Å². The Kier molecular flexibility index (Phi) is 6.44. The first kappa shape index (κ1) is 22.0. The number of aryl methyl sites for hydroxylation is 1. The van der Waals surface area contributed by atoms with Crippen molar-refractivity contribution in [3.63, 3.8) is 0 Å². The topological polar surface area (TPSA) is 34.2 Å². The predicted octanol–water partition coefficient (Wildman–Crippen LogP) is 4.57. The number of ether oxygens (including phenoxy) is 3. The Bertz CT molecular complexity index is 886. The van der Waals surface area contributed by atoms with Gasteiger partial charge in [-0.15, -0.1) is 0 Å². The van der Waals surface area contributed by atoms with Crippen molar-refractivity contribution in [1.29, 1.82) is 0 Å². The fourth-order valence-electron chi connectivity index (χ4n) is 4.75. The number of fused-ring (bicyclic) bond motifs is 1. The highest BCUT2D eigenvalue weighted by molar-refractivity contribution is 5.51. The summed E-state index contributed by atoms with van der Waals surface area (Å²) in [7, 11) is 3.39. The molecule has 1 saturated heterocycles. The van der Waals surface area contributed by atoms with Crippen LogP contribution in [0.2, 0.25) is 0 Å². The van der Waals surface area contributed by atoms with Crippen LogP contribution in [-0.4, -0.2) is 58.5 Å². The zero-order chi connectivity index (χ0) is 22.0. The van der Waals surface area contributed by atoms with Crippen molar-refractivity contribution in [1.82, 2.24) is 4.90 Å². The van der Waals surface area contributed by atoms with Gasteiger partial charge in [0, 0.05) is 43.8 Å². The molecule has 0 spiro atoms. The molecule has 31 heavy (non-hydrogen) atoms. The van der Waals surface area contributed by atoms with Crippen LogP contribution in [-0.2, 0) is 10.2 Å². The Balaban J connectivity index is 1.40. The van der Waals surface area contributed by atoms with E-state index in [0.717, 1.165) is 57.3 Å². The van der Waals surface area contributed by atoms with Crippen molar-refractivity contribution in [2.75, 3.05) is 58.5 Å². The van der Waals surface area contributed by atoms with Crippen molar-refractivity contribution in [2.24, 2.45) is 0 Å². The molecule has 4 rings (SSSR count). The van der Waals surface area contributed by atoms with E-state index < -0.39 is 0 Å². The van der Waals surface area contributed by atoms with E-state index in [1.807, 2.05) is 0 Å². The molecule has 0 N–H and O–H groups in total. The lowest BCUT2D eigenvalue weighted by molar-refractivity contribution is -0.00352. The van der Waals surface area contributed by atoms with Crippen LogP contribution in [0, 0.1) is 6.92 Å². The van der Waals surface area contributed by atoms with Gasteiger partial charge in [0.15, 0.2) is 11.5 Å². The molecule has 2 aliphatic heterocycles. The van der Waals surface area contributed by atoms with Crippen LogP contribution in [0.4, 0.5) is 5.69 Å². The minimum Gasteiger partial charge on any atom is -0.493 e. The monoisotopic (exact) mass is 424 g/mol. The molecule has 1 unspecified atom stereocenters. The first-order valence-corrected chi connectivity index (χ1v) is 11.3. The number of nitrogens with zero attached hydrogens (tertiary/aromatic N) is 2. The van der Waals surface area contributed by atoms with Crippen LogP contribution in [0.3, 0.4) is 0 Å².